The number of benzene rings is 1. The lowest BCUT2D eigenvalue weighted by Gasteiger charge is -2.07. The van der Waals surface area contributed by atoms with Crippen molar-refractivity contribution >= 4 is 0 Å². The fourth-order valence-electron chi connectivity index (χ4n) is 1.03. The molecule has 0 aliphatic rings. The van der Waals surface area contributed by atoms with Crippen LogP contribution in [0.1, 0.15) is 13.8 Å². The van der Waals surface area contributed by atoms with Gasteiger partial charge in [0.25, 0.3) is 0 Å². The zero-order valence-electron chi connectivity index (χ0n) is 7.91. The molecule has 0 aromatic heterocycles. The molecule has 0 spiro atoms. The van der Waals surface area contributed by atoms with Crippen LogP contribution in [0.3, 0.4) is 0 Å². The summed E-state index contributed by atoms with van der Waals surface area (Å²) in [6.45, 7) is 4.90. The average Bonchev–Trinajstić information content (AvgIpc) is 2.10. The Balaban J connectivity index is 2.79. The maximum atomic E-state index is 9.44. The van der Waals surface area contributed by atoms with Crippen molar-refractivity contribution in [3.8, 4) is 17.2 Å². The molecule has 13 heavy (non-hydrogen) atoms. The van der Waals surface area contributed by atoms with Crippen LogP contribution in [0, 0.1) is 0 Å². The molecule has 3 heteroatoms. The Hall–Kier alpha value is -1.38. The van der Waals surface area contributed by atoms with Crippen LogP contribution in [0.2, 0.25) is 0 Å². The van der Waals surface area contributed by atoms with Crippen LogP contribution in [-0.4, -0.2) is 18.3 Å². The van der Waals surface area contributed by atoms with E-state index in [9.17, 15) is 5.11 Å². The fraction of sp³-hybridized carbons (Fsp3) is 0.400. The van der Waals surface area contributed by atoms with Crippen molar-refractivity contribution in [1.29, 1.82) is 0 Å². The first-order valence-electron chi connectivity index (χ1n) is 4.36. The average molecular weight is 182 g/mol. The number of phenols is 1. The minimum absolute atomic E-state index is 0.118. The third-order valence-corrected chi connectivity index (χ3v) is 1.54. The maximum absolute atomic E-state index is 9.44. The topological polar surface area (TPSA) is 38.7 Å². The summed E-state index contributed by atoms with van der Waals surface area (Å²) in [6.07, 6.45) is 0. The van der Waals surface area contributed by atoms with Crippen molar-refractivity contribution in [3.05, 3.63) is 18.2 Å². The van der Waals surface area contributed by atoms with Gasteiger partial charge < -0.3 is 14.6 Å². The minimum atomic E-state index is 0.118. The van der Waals surface area contributed by atoms with Crippen LogP contribution in [0.4, 0.5) is 0 Å². The maximum Gasteiger partial charge on any atom is 0.161 e. The van der Waals surface area contributed by atoms with E-state index in [0.717, 1.165) is 0 Å². The number of rotatable bonds is 4. The summed E-state index contributed by atoms with van der Waals surface area (Å²) in [4.78, 5) is 0. The minimum Gasteiger partial charge on any atom is -0.504 e. The van der Waals surface area contributed by atoms with Gasteiger partial charge in [0.2, 0.25) is 0 Å². The molecule has 0 saturated carbocycles. The van der Waals surface area contributed by atoms with Crippen molar-refractivity contribution in [2.45, 2.75) is 13.8 Å². The number of hydrogen-bond donors (Lipinski definition) is 1. The van der Waals surface area contributed by atoms with Crippen LogP contribution in [0.5, 0.6) is 17.2 Å². The third kappa shape index (κ3) is 2.54. The molecule has 1 rings (SSSR count). The first-order chi connectivity index (χ1) is 6.27. The Morgan fingerprint density at radius 2 is 1.85 bits per heavy atom. The summed E-state index contributed by atoms with van der Waals surface area (Å²) in [5.74, 6) is 1.27. The molecule has 3 nitrogen and oxygen atoms in total. The lowest BCUT2D eigenvalue weighted by Crippen LogP contribution is -1.94. The van der Waals surface area contributed by atoms with Gasteiger partial charge in [-0.05, 0) is 26.0 Å². The molecule has 0 unspecified atom stereocenters. The molecule has 0 amide bonds. The highest BCUT2D eigenvalue weighted by molar-refractivity contribution is 5.44. The summed E-state index contributed by atoms with van der Waals surface area (Å²) in [6, 6.07) is 5.02. The smallest absolute Gasteiger partial charge is 0.161 e. The first-order valence-corrected chi connectivity index (χ1v) is 4.36. The van der Waals surface area contributed by atoms with Gasteiger partial charge in [-0.15, -0.1) is 0 Å². The van der Waals surface area contributed by atoms with E-state index in [4.69, 9.17) is 9.47 Å². The third-order valence-electron chi connectivity index (χ3n) is 1.54. The van der Waals surface area contributed by atoms with Gasteiger partial charge in [0.1, 0.15) is 5.75 Å². The van der Waals surface area contributed by atoms with Crippen molar-refractivity contribution in [3.63, 3.8) is 0 Å². The molecule has 0 radical (unpaired) electrons. The Morgan fingerprint density at radius 3 is 2.38 bits per heavy atom. The van der Waals surface area contributed by atoms with E-state index in [1.807, 2.05) is 13.8 Å². The number of phenolic OH excluding ortho intramolecular Hbond substituents is 1. The summed E-state index contributed by atoms with van der Waals surface area (Å²) >= 11 is 0. The van der Waals surface area contributed by atoms with Crippen LogP contribution in [0.25, 0.3) is 0 Å². The highest BCUT2D eigenvalue weighted by atomic mass is 16.5. The molecule has 0 bridgehead atoms. The van der Waals surface area contributed by atoms with E-state index in [0.29, 0.717) is 24.7 Å². The predicted octanol–water partition coefficient (Wildman–Crippen LogP) is 2.19. The first kappa shape index (κ1) is 9.71. The van der Waals surface area contributed by atoms with Crippen LogP contribution < -0.4 is 9.47 Å². The summed E-state index contributed by atoms with van der Waals surface area (Å²) in [5, 5.41) is 9.44. The van der Waals surface area contributed by atoms with Crippen molar-refractivity contribution in [2.75, 3.05) is 13.2 Å². The van der Waals surface area contributed by atoms with Gasteiger partial charge in [-0.1, -0.05) is 0 Å². The lowest BCUT2D eigenvalue weighted by atomic mass is 10.3. The Labute approximate surface area is 77.9 Å². The van der Waals surface area contributed by atoms with Gasteiger partial charge in [0.05, 0.1) is 13.2 Å². The number of ether oxygens (including phenoxy) is 2. The molecule has 0 fully saturated rings. The highest BCUT2D eigenvalue weighted by Crippen LogP contribution is 2.29. The molecule has 1 N–H and O–H groups in total. The molecule has 72 valence electrons. The van der Waals surface area contributed by atoms with Gasteiger partial charge in [0.15, 0.2) is 11.5 Å². The zero-order valence-corrected chi connectivity index (χ0v) is 7.91. The second kappa shape index (κ2) is 4.60. The molecule has 0 atom stereocenters. The Bertz CT molecular complexity index is 271. The predicted molar refractivity (Wildman–Crippen MR) is 50.4 cm³/mol. The van der Waals surface area contributed by atoms with Gasteiger partial charge in [0, 0.05) is 6.07 Å². The second-order valence-corrected chi connectivity index (χ2v) is 2.50. The molecule has 0 heterocycles. The highest BCUT2D eigenvalue weighted by Gasteiger charge is 2.02. The van der Waals surface area contributed by atoms with Crippen LogP contribution >= 0.6 is 0 Å². The monoisotopic (exact) mass is 182 g/mol. The standard InChI is InChI=1S/C10H14O3/c1-3-12-8-5-6-10(13-4-2)9(11)7-8/h5-7,11H,3-4H2,1-2H3. The molecule has 1 aromatic carbocycles. The Kier molecular flexibility index (Phi) is 3.43. The van der Waals surface area contributed by atoms with E-state index in [2.05, 4.69) is 0 Å². The number of aromatic hydroxyl groups is 1. The summed E-state index contributed by atoms with van der Waals surface area (Å²) < 4.78 is 10.4. The van der Waals surface area contributed by atoms with Gasteiger partial charge in [-0.3, -0.25) is 0 Å². The Morgan fingerprint density at radius 1 is 1.15 bits per heavy atom. The van der Waals surface area contributed by atoms with Gasteiger partial charge >= 0.3 is 0 Å². The zero-order chi connectivity index (χ0) is 9.68. The lowest BCUT2D eigenvalue weighted by molar-refractivity contribution is 0.311. The van der Waals surface area contributed by atoms with E-state index in [1.165, 1.54) is 0 Å². The van der Waals surface area contributed by atoms with E-state index < -0.39 is 0 Å². The fourth-order valence-corrected chi connectivity index (χ4v) is 1.03. The van der Waals surface area contributed by atoms with E-state index >= 15 is 0 Å². The van der Waals surface area contributed by atoms with Gasteiger partial charge in [-0.25, -0.2) is 0 Å². The summed E-state index contributed by atoms with van der Waals surface area (Å²) in [7, 11) is 0. The van der Waals surface area contributed by atoms with Crippen LogP contribution in [0.15, 0.2) is 18.2 Å². The van der Waals surface area contributed by atoms with Crippen molar-refractivity contribution in [1.82, 2.24) is 0 Å². The van der Waals surface area contributed by atoms with Gasteiger partial charge in [-0.2, -0.15) is 0 Å². The molecule has 1 aromatic rings. The summed E-state index contributed by atoms with van der Waals surface area (Å²) in [5.41, 5.74) is 0. The van der Waals surface area contributed by atoms with Crippen molar-refractivity contribution < 1.29 is 14.6 Å². The number of hydrogen-bond acceptors (Lipinski definition) is 3. The van der Waals surface area contributed by atoms with E-state index in [1.54, 1.807) is 18.2 Å². The molecule has 0 saturated heterocycles. The molecule has 0 aliphatic carbocycles. The normalized spacial score (nSPS) is 9.69. The molecular weight excluding hydrogens is 168 g/mol. The SMILES string of the molecule is CCOc1ccc(OCC)c(O)c1. The second-order valence-electron chi connectivity index (χ2n) is 2.50. The van der Waals surface area contributed by atoms with Crippen LogP contribution in [-0.2, 0) is 0 Å². The van der Waals surface area contributed by atoms with Crippen molar-refractivity contribution in [2.24, 2.45) is 0 Å². The molecule has 0 aliphatic heterocycles. The quantitative estimate of drug-likeness (QED) is 0.775. The largest absolute Gasteiger partial charge is 0.504 e. The molecular formula is C10H14O3. The van der Waals surface area contributed by atoms with E-state index in [-0.39, 0.29) is 5.75 Å².